The Morgan fingerprint density at radius 1 is 1.07 bits per heavy atom. The van der Waals surface area contributed by atoms with Crippen LogP contribution in [-0.2, 0) is 0 Å². The van der Waals surface area contributed by atoms with E-state index in [4.69, 9.17) is 0 Å². The second-order valence-electron chi connectivity index (χ2n) is 5.61. The summed E-state index contributed by atoms with van der Waals surface area (Å²) >= 11 is 0. The minimum atomic E-state index is 0.840. The molecule has 0 amide bonds. The van der Waals surface area contributed by atoms with Crippen molar-refractivity contribution in [2.45, 2.75) is 45.6 Å². The summed E-state index contributed by atoms with van der Waals surface area (Å²) in [4.78, 5) is 2.77. The predicted molar refractivity (Wildman–Crippen MR) is 65.0 cm³/mol. The molecule has 0 aromatic heterocycles. The van der Waals surface area contributed by atoms with Gasteiger partial charge in [-0.1, -0.05) is 13.8 Å². The molecule has 2 heterocycles. The topological polar surface area (TPSA) is 15.3 Å². The molecule has 2 saturated heterocycles. The van der Waals surface area contributed by atoms with Gasteiger partial charge in [-0.3, -0.25) is 0 Å². The minimum Gasteiger partial charge on any atom is -0.316 e. The highest BCUT2D eigenvalue weighted by atomic mass is 15.2. The molecule has 0 aromatic rings. The third-order valence-corrected chi connectivity index (χ3v) is 4.26. The molecule has 2 aliphatic heterocycles. The lowest BCUT2D eigenvalue weighted by atomic mass is 9.93. The van der Waals surface area contributed by atoms with Gasteiger partial charge in [0.05, 0.1) is 0 Å². The van der Waals surface area contributed by atoms with Gasteiger partial charge in [0.1, 0.15) is 0 Å². The summed E-state index contributed by atoms with van der Waals surface area (Å²) in [5.74, 6) is 1.79. The Kier molecular flexibility index (Phi) is 4.04. The first-order valence-corrected chi connectivity index (χ1v) is 6.72. The van der Waals surface area contributed by atoms with Gasteiger partial charge in [-0.25, -0.2) is 0 Å². The lowest BCUT2D eigenvalue weighted by molar-refractivity contribution is 0.123. The Bertz CT molecular complexity index is 193. The van der Waals surface area contributed by atoms with Gasteiger partial charge in [0.15, 0.2) is 0 Å². The maximum absolute atomic E-state index is 3.50. The van der Waals surface area contributed by atoms with Crippen LogP contribution < -0.4 is 5.32 Å². The Hall–Kier alpha value is -0.0800. The van der Waals surface area contributed by atoms with E-state index in [0.717, 1.165) is 17.9 Å². The van der Waals surface area contributed by atoms with Crippen LogP contribution in [0.5, 0.6) is 0 Å². The first-order chi connectivity index (χ1) is 7.27. The highest BCUT2D eigenvalue weighted by Crippen LogP contribution is 2.23. The lowest BCUT2D eigenvalue weighted by Crippen LogP contribution is -2.48. The average Bonchev–Trinajstić information content (AvgIpc) is 2.44. The fraction of sp³-hybridized carbons (Fsp3) is 1.00. The summed E-state index contributed by atoms with van der Waals surface area (Å²) in [6.45, 7) is 9.95. The zero-order chi connectivity index (χ0) is 10.7. The van der Waals surface area contributed by atoms with Crippen molar-refractivity contribution in [1.29, 1.82) is 0 Å². The molecule has 0 saturated carbocycles. The normalized spacial score (nSPS) is 40.0. The Labute approximate surface area is 94.4 Å². The molecular formula is C13H26N2. The molecule has 0 bridgehead atoms. The second kappa shape index (κ2) is 5.31. The smallest absolute Gasteiger partial charge is 0.0145 e. The third-order valence-electron chi connectivity index (χ3n) is 4.26. The maximum atomic E-state index is 3.50. The summed E-state index contributed by atoms with van der Waals surface area (Å²) in [5, 5.41) is 3.50. The van der Waals surface area contributed by atoms with E-state index in [-0.39, 0.29) is 0 Å². The molecule has 0 radical (unpaired) electrons. The molecular weight excluding hydrogens is 184 g/mol. The lowest BCUT2D eigenvalue weighted by Gasteiger charge is -2.38. The van der Waals surface area contributed by atoms with Crippen LogP contribution in [0.3, 0.4) is 0 Å². The van der Waals surface area contributed by atoms with Gasteiger partial charge in [-0.15, -0.1) is 0 Å². The number of nitrogens with zero attached hydrogens (tertiary/aromatic N) is 1. The van der Waals surface area contributed by atoms with Crippen LogP contribution in [0.4, 0.5) is 0 Å². The third kappa shape index (κ3) is 2.94. The number of rotatable bonds is 1. The largest absolute Gasteiger partial charge is 0.316 e. The van der Waals surface area contributed by atoms with E-state index >= 15 is 0 Å². The number of nitrogens with one attached hydrogen (secondary N) is 1. The van der Waals surface area contributed by atoms with Crippen molar-refractivity contribution >= 4 is 0 Å². The van der Waals surface area contributed by atoms with Crippen LogP contribution in [0.15, 0.2) is 0 Å². The van der Waals surface area contributed by atoms with E-state index < -0.39 is 0 Å². The van der Waals surface area contributed by atoms with Crippen molar-refractivity contribution in [2.75, 3.05) is 26.2 Å². The molecule has 15 heavy (non-hydrogen) atoms. The van der Waals surface area contributed by atoms with Gasteiger partial charge < -0.3 is 10.2 Å². The van der Waals surface area contributed by atoms with Crippen molar-refractivity contribution in [3.05, 3.63) is 0 Å². The Morgan fingerprint density at radius 2 is 1.93 bits per heavy atom. The molecule has 0 aromatic carbocycles. The fourth-order valence-electron chi connectivity index (χ4n) is 3.16. The molecule has 2 fully saturated rings. The van der Waals surface area contributed by atoms with Crippen molar-refractivity contribution < 1.29 is 0 Å². The van der Waals surface area contributed by atoms with Crippen LogP contribution in [0.2, 0.25) is 0 Å². The zero-order valence-corrected chi connectivity index (χ0v) is 10.3. The van der Waals surface area contributed by atoms with Crippen molar-refractivity contribution in [3.8, 4) is 0 Å². The van der Waals surface area contributed by atoms with Crippen molar-refractivity contribution in [2.24, 2.45) is 11.8 Å². The van der Waals surface area contributed by atoms with Crippen LogP contribution >= 0.6 is 0 Å². The van der Waals surface area contributed by atoms with E-state index in [1.807, 2.05) is 0 Å². The van der Waals surface area contributed by atoms with Crippen LogP contribution in [0.1, 0.15) is 39.5 Å². The summed E-state index contributed by atoms with van der Waals surface area (Å²) < 4.78 is 0. The standard InChI is InChI=1S/C13H26N2/c1-11-4-3-8-15(9-6-11)13-5-7-14-10-12(13)2/h11-14H,3-10H2,1-2H3. The van der Waals surface area contributed by atoms with Gasteiger partial charge in [0, 0.05) is 6.04 Å². The molecule has 2 aliphatic rings. The van der Waals surface area contributed by atoms with Crippen LogP contribution in [-0.4, -0.2) is 37.1 Å². The average molecular weight is 210 g/mol. The summed E-state index contributed by atoms with van der Waals surface area (Å²) in [7, 11) is 0. The fourth-order valence-corrected chi connectivity index (χ4v) is 3.16. The van der Waals surface area contributed by atoms with Gasteiger partial charge >= 0.3 is 0 Å². The summed E-state index contributed by atoms with van der Waals surface area (Å²) in [6.07, 6.45) is 5.62. The molecule has 3 atom stereocenters. The van der Waals surface area contributed by atoms with Gasteiger partial charge in [-0.2, -0.15) is 0 Å². The minimum absolute atomic E-state index is 0.840. The van der Waals surface area contributed by atoms with Crippen LogP contribution in [0, 0.1) is 11.8 Å². The number of hydrogen-bond acceptors (Lipinski definition) is 2. The molecule has 2 heteroatoms. The quantitative estimate of drug-likeness (QED) is 0.713. The molecule has 3 unspecified atom stereocenters. The first-order valence-electron chi connectivity index (χ1n) is 6.72. The molecule has 88 valence electrons. The van der Waals surface area contributed by atoms with E-state index in [9.17, 15) is 0 Å². The highest BCUT2D eigenvalue weighted by Gasteiger charge is 2.27. The van der Waals surface area contributed by atoms with E-state index in [2.05, 4.69) is 24.1 Å². The van der Waals surface area contributed by atoms with E-state index in [1.54, 1.807) is 0 Å². The summed E-state index contributed by atoms with van der Waals surface area (Å²) in [5.41, 5.74) is 0. The van der Waals surface area contributed by atoms with Gasteiger partial charge in [0.25, 0.3) is 0 Å². The van der Waals surface area contributed by atoms with Crippen molar-refractivity contribution in [1.82, 2.24) is 10.2 Å². The zero-order valence-electron chi connectivity index (χ0n) is 10.3. The SMILES string of the molecule is CC1CCCN(C2CCNCC2C)CC1. The number of piperidine rings is 1. The monoisotopic (exact) mass is 210 g/mol. The van der Waals surface area contributed by atoms with Crippen molar-refractivity contribution in [3.63, 3.8) is 0 Å². The van der Waals surface area contributed by atoms with Crippen LogP contribution in [0.25, 0.3) is 0 Å². The predicted octanol–water partition coefficient (Wildman–Crippen LogP) is 2.11. The van der Waals surface area contributed by atoms with E-state index in [1.165, 1.54) is 51.9 Å². The maximum Gasteiger partial charge on any atom is 0.0145 e. The molecule has 0 spiro atoms. The second-order valence-corrected chi connectivity index (χ2v) is 5.61. The summed E-state index contributed by atoms with van der Waals surface area (Å²) in [6, 6.07) is 0.858. The molecule has 2 nitrogen and oxygen atoms in total. The Morgan fingerprint density at radius 3 is 2.73 bits per heavy atom. The Balaban J connectivity index is 1.90. The van der Waals surface area contributed by atoms with Gasteiger partial charge in [0.2, 0.25) is 0 Å². The number of likely N-dealkylation sites (tertiary alicyclic amines) is 1. The highest BCUT2D eigenvalue weighted by molar-refractivity contribution is 4.84. The van der Waals surface area contributed by atoms with E-state index in [0.29, 0.717) is 0 Å². The number of hydrogen-bond donors (Lipinski definition) is 1. The first kappa shape index (κ1) is 11.4. The molecule has 0 aliphatic carbocycles. The van der Waals surface area contributed by atoms with Gasteiger partial charge in [-0.05, 0) is 63.7 Å². The molecule has 2 rings (SSSR count). The molecule has 1 N–H and O–H groups in total.